The molecule has 0 radical (unpaired) electrons. The zero-order chi connectivity index (χ0) is 21.0. The van der Waals surface area contributed by atoms with Crippen LogP contribution >= 0.6 is 11.6 Å². The van der Waals surface area contributed by atoms with E-state index in [1.807, 2.05) is 6.07 Å². The molecule has 0 spiro atoms. The van der Waals surface area contributed by atoms with Gasteiger partial charge in [-0.15, -0.1) is 0 Å². The number of carbonyl (C=O) groups is 2. The van der Waals surface area contributed by atoms with Crippen LogP contribution in [0, 0.1) is 0 Å². The fourth-order valence-corrected chi connectivity index (χ4v) is 3.33. The van der Waals surface area contributed by atoms with Crippen LogP contribution < -0.4 is 5.32 Å². The predicted molar refractivity (Wildman–Crippen MR) is 104 cm³/mol. The minimum absolute atomic E-state index is 0.00758. The van der Waals surface area contributed by atoms with Crippen molar-refractivity contribution in [1.29, 1.82) is 0 Å². The summed E-state index contributed by atoms with van der Waals surface area (Å²) in [7, 11) is 0. The van der Waals surface area contributed by atoms with E-state index in [2.05, 4.69) is 5.32 Å². The Morgan fingerprint density at radius 3 is 2.28 bits per heavy atom. The molecule has 0 bridgehead atoms. The molecule has 2 aromatic rings. The summed E-state index contributed by atoms with van der Waals surface area (Å²) in [5, 5.41) is 2.05. The van der Waals surface area contributed by atoms with Crippen LogP contribution in [0.4, 0.5) is 23.7 Å². The van der Waals surface area contributed by atoms with Crippen LogP contribution in [0.2, 0.25) is 5.02 Å². The Balaban J connectivity index is 1.63. The number of nitrogens with one attached hydrogen (secondary N) is 1. The van der Waals surface area contributed by atoms with Gasteiger partial charge < -0.3 is 15.1 Å². The van der Waals surface area contributed by atoms with Gasteiger partial charge in [0.15, 0.2) is 0 Å². The minimum atomic E-state index is -4.61. The van der Waals surface area contributed by atoms with Crippen LogP contribution in [0.15, 0.2) is 48.5 Å². The first-order chi connectivity index (χ1) is 13.8. The molecule has 2 aromatic carbocycles. The third kappa shape index (κ3) is 5.20. The highest BCUT2D eigenvalue weighted by Gasteiger charge is 2.33. The molecule has 1 fully saturated rings. The first-order valence-electron chi connectivity index (χ1n) is 9.03. The number of benzene rings is 2. The van der Waals surface area contributed by atoms with Gasteiger partial charge in [0, 0.05) is 37.4 Å². The molecule has 9 heteroatoms. The van der Waals surface area contributed by atoms with Crippen molar-refractivity contribution < 1.29 is 22.8 Å². The number of carbonyl (C=O) groups excluding carboxylic acids is 2. The molecule has 3 amide bonds. The third-order valence-electron chi connectivity index (χ3n) is 4.61. The number of urea groups is 1. The van der Waals surface area contributed by atoms with Crippen molar-refractivity contribution in [3.63, 3.8) is 0 Å². The molecule has 0 saturated carbocycles. The second-order valence-corrected chi connectivity index (χ2v) is 7.03. The van der Waals surface area contributed by atoms with Gasteiger partial charge in [0.25, 0.3) is 5.91 Å². The third-order valence-corrected chi connectivity index (χ3v) is 4.94. The number of amides is 3. The van der Waals surface area contributed by atoms with E-state index >= 15 is 0 Å². The molecule has 3 rings (SSSR count). The number of hydrogen-bond acceptors (Lipinski definition) is 2. The van der Waals surface area contributed by atoms with Crippen LogP contribution in [0.5, 0.6) is 0 Å². The van der Waals surface area contributed by atoms with Crippen molar-refractivity contribution in [2.75, 3.05) is 31.5 Å². The highest BCUT2D eigenvalue weighted by Crippen LogP contribution is 2.36. The first kappa shape index (κ1) is 21.0. The normalized spacial score (nSPS) is 15.0. The number of alkyl halides is 3. The molecule has 1 aliphatic heterocycles. The molecular formula is C20H19ClF3N3O2. The zero-order valence-electron chi connectivity index (χ0n) is 15.4. The Bertz CT molecular complexity index is 890. The summed E-state index contributed by atoms with van der Waals surface area (Å²) in [5.41, 5.74) is -0.424. The Morgan fingerprint density at radius 2 is 1.59 bits per heavy atom. The number of hydrogen-bond donors (Lipinski definition) is 1. The molecule has 0 aromatic heterocycles. The van der Waals surface area contributed by atoms with E-state index in [0.717, 1.165) is 12.1 Å². The quantitative estimate of drug-likeness (QED) is 0.755. The van der Waals surface area contributed by atoms with E-state index in [1.165, 1.54) is 11.0 Å². The van der Waals surface area contributed by atoms with E-state index in [1.54, 1.807) is 29.2 Å². The van der Waals surface area contributed by atoms with Crippen LogP contribution in [0.3, 0.4) is 0 Å². The van der Waals surface area contributed by atoms with Crippen LogP contribution in [0.1, 0.15) is 22.3 Å². The molecule has 1 aliphatic rings. The molecule has 1 N–H and O–H groups in total. The van der Waals surface area contributed by atoms with Gasteiger partial charge in [0.2, 0.25) is 0 Å². The summed E-state index contributed by atoms with van der Waals surface area (Å²) >= 11 is 5.60. The molecule has 0 atom stereocenters. The maximum Gasteiger partial charge on any atom is 0.417 e. The molecule has 1 saturated heterocycles. The van der Waals surface area contributed by atoms with Gasteiger partial charge in [-0.1, -0.05) is 29.8 Å². The average Bonchev–Trinajstić information content (AvgIpc) is 2.95. The van der Waals surface area contributed by atoms with E-state index < -0.39 is 22.8 Å². The molecule has 0 aliphatic carbocycles. The van der Waals surface area contributed by atoms with Crippen molar-refractivity contribution >= 4 is 29.2 Å². The van der Waals surface area contributed by atoms with E-state index in [0.29, 0.717) is 31.6 Å². The zero-order valence-corrected chi connectivity index (χ0v) is 16.1. The molecule has 1 heterocycles. The Morgan fingerprint density at radius 1 is 0.931 bits per heavy atom. The summed E-state index contributed by atoms with van der Waals surface area (Å²) in [6.07, 6.45) is -4.04. The van der Waals surface area contributed by atoms with Gasteiger partial charge in [0.05, 0.1) is 10.6 Å². The summed E-state index contributed by atoms with van der Waals surface area (Å²) in [5.74, 6) is -0.111. The molecule has 5 nitrogen and oxygen atoms in total. The molecule has 29 heavy (non-hydrogen) atoms. The van der Waals surface area contributed by atoms with E-state index in [9.17, 15) is 22.8 Å². The van der Waals surface area contributed by atoms with Crippen molar-refractivity contribution in [3.05, 3.63) is 64.7 Å². The Kier molecular flexibility index (Phi) is 6.32. The molecular weight excluding hydrogens is 407 g/mol. The Labute approximate surface area is 171 Å². The Hall–Kier alpha value is -2.74. The highest BCUT2D eigenvalue weighted by molar-refractivity contribution is 6.31. The number of anilines is 1. The lowest BCUT2D eigenvalue weighted by atomic mass is 10.2. The average molecular weight is 426 g/mol. The fraction of sp³-hybridized carbons (Fsp3) is 0.300. The van der Waals surface area contributed by atoms with Crippen LogP contribution in [-0.2, 0) is 6.18 Å². The lowest BCUT2D eigenvalue weighted by Gasteiger charge is -2.23. The number of nitrogens with zero attached hydrogens (tertiary/aromatic N) is 2. The second kappa shape index (κ2) is 8.73. The minimum Gasteiger partial charge on any atom is -0.337 e. The van der Waals surface area contributed by atoms with E-state index in [-0.39, 0.29) is 18.1 Å². The maximum atomic E-state index is 13.0. The molecule has 154 valence electrons. The standard InChI is InChI=1S/C20H19ClF3N3O2/c21-17-8-7-15(13-16(17)20(22,23)24)25-19(29)27-10-4-9-26(11-12-27)18(28)14-5-2-1-3-6-14/h1-3,5-8,13H,4,9-12H2,(H,25,29). The first-order valence-corrected chi connectivity index (χ1v) is 9.40. The molecule has 0 unspecified atom stereocenters. The summed E-state index contributed by atoms with van der Waals surface area (Å²) < 4.78 is 39.0. The largest absolute Gasteiger partial charge is 0.417 e. The van der Waals surface area contributed by atoms with Gasteiger partial charge in [-0.2, -0.15) is 13.2 Å². The van der Waals surface area contributed by atoms with E-state index in [4.69, 9.17) is 11.6 Å². The SMILES string of the molecule is O=C(Nc1ccc(Cl)c(C(F)(F)F)c1)N1CCCN(C(=O)c2ccccc2)CC1. The lowest BCUT2D eigenvalue weighted by molar-refractivity contribution is -0.137. The second-order valence-electron chi connectivity index (χ2n) is 6.62. The topological polar surface area (TPSA) is 52.7 Å². The van der Waals surface area contributed by atoms with Crippen molar-refractivity contribution in [2.45, 2.75) is 12.6 Å². The monoisotopic (exact) mass is 425 g/mol. The summed E-state index contributed by atoms with van der Waals surface area (Å²) in [6, 6.07) is 11.6. The summed E-state index contributed by atoms with van der Waals surface area (Å²) in [4.78, 5) is 28.2. The van der Waals surface area contributed by atoms with Gasteiger partial charge in [-0.05, 0) is 36.8 Å². The van der Waals surface area contributed by atoms with Gasteiger partial charge in [-0.3, -0.25) is 4.79 Å². The highest BCUT2D eigenvalue weighted by atomic mass is 35.5. The van der Waals surface area contributed by atoms with Crippen LogP contribution in [0.25, 0.3) is 0 Å². The predicted octanol–water partition coefficient (Wildman–Crippen LogP) is 4.74. The lowest BCUT2D eigenvalue weighted by Crippen LogP contribution is -2.39. The van der Waals surface area contributed by atoms with Gasteiger partial charge >= 0.3 is 12.2 Å². The van der Waals surface area contributed by atoms with Crippen molar-refractivity contribution in [1.82, 2.24) is 9.80 Å². The fourth-order valence-electron chi connectivity index (χ4n) is 3.11. The van der Waals surface area contributed by atoms with Gasteiger partial charge in [0.1, 0.15) is 0 Å². The summed E-state index contributed by atoms with van der Waals surface area (Å²) in [6.45, 7) is 1.51. The number of halogens is 4. The van der Waals surface area contributed by atoms with Gasteiger partial charge in [-0.25, -0.2) is 4.79 Å². The smallest absolute Gasteiger partial charge is 0.337 e. The number of rotatable bonds is 2. The van der Waals surface area contributed by atoms with Crippen molar-refractivity contribution in [3.8, 4) is 0 Å². The van der Waals surface area contributed by atoms with Crippen molar-refractivity contribution in [2.24, 2.45) is 0 Å². The maximum absolute atomic E-state index is 13.0. The van der Waals surface area contributed by atoms with Crippen LogP contribution in [-0.4, -0.2) is 47.9 Å².